The van der Waals surface area contributed by atoms with Crippen molar-refractivity contribution < 1.29 is 9.47 Å². The molecule has 2 rings (SSSR count). The number of benzene rings is 1. The van der Waals surface area contributed by atoms with Gasteiger partial charge in [0, 0.05) is 12.3 Å². The third-order valence-corrected chi connectivity index (χ3v) is 2.49. The number of methoxy groups -OCH3 is 2. The van der Waals surface area contributed by atoms with E-state index in [4.69, 9.17) is 14.7 Å². The normalized spacial score (nSPS) is 10.8. The van der Waals surface area contributed by atoms with E-state index in [0.29, 0.717) is 17.2 Å². The Hall–Kier alpha value is -3.08. The van der Waals surface area contributed by atoms with Gasteiger partial charge in [-0.3, -0.25) is 0 Å². The van der Waals surface area contributed by atoms with Gasteiger partial charge in [0.05, 0.1) is 19.9 Å². The molecule has 1 heterocycles. The Labute approximate surface area is 115 Å². The third kappa shape index (κ3) is 2.84. The first-order valence-electron chi connectivity index (χ1n) is 5.61. The van der Waals surface area contributed by atoms with Gasteiger partial charge in [0.15, 0.2) is 0 Å². The van der Waals surface area contributed by atoms with E-state index in [0.717, 1.165) is 0 Å². The lowest BCUT2D eigenvalue weighted by Crippen LogP contribution is -1.96. The van der Waals surface area contributed by atoms with Crippen molar-refractivity contribution in [2.75, 3.05) is 19.5 Å². The van der Waals surface area contributed by atoms with Crippen LogP contribution in [-0.4, -0.2) is 34.8 Å². The van der Waals surface area contributed by atoms with E-state index in [1.165, 1.54) is 6.20 Å². The van der Waals surface area contributed by atoms with E-state index in [2.05, 4.69) is 25.9 Å². The van der Waals surface area contributed by atoms with Gasteiger partial charge in [-0.05, 0) is 17.3 Å². The van der Waals surface area contributed by atoms with Crippen LogP contribution in [0, 0.1) is 11.3 Å². The minimum absolute atomic E-state index is 0.210. The molecule has 8 nitrogen and oxygen atoms in total. The number of nitriles is 1. The first kappa shape index (κ1) is 13.4. The molecule has 0 aliphatic heterocycles. The number of aromatic nitrogens is 4. The number of allylic oxidation sites excluding steroid dienone is 1. The lowest BCUT2D eigenvalue weighted by molar-refractivity contribution is 0.405. The monoisotopic (exact) mass is 272 g/mol. The molecule has 0 saturated carbocycles. The molecule has 2 aromatic rings. The van der Waals surface area contributed by atoms with Crippen LogP contribution in [0.15, 0.2) is 24.4 Å². The number of hydrogen-bond donors (Lipinski definition) is 2. The fraction of sp³-hybridized carbons (Fsp3) is 0.167. The Morgan fingerprint density at radius 3 is 2.85 bits per heavy atom. The van der Waals surface area contributed by atoms with Crippen LogP contribution in [0.3, 0.4) is 0 Å². The lowest BCUT2D eigenvalue weighted by atomic mass is 10.2. The van der Waals surface area contributed by atoms with Crippen LogP contribution in [0.4, 0.5) is 5.69 Å². The van der Waals surface area contributed by atoms with Crippen LogP contribution in [0.2, 0.25) is 0 Å². The minimum Gasteiger partial charge on any atom is -0.497 e. The van der Waals surface area contributed by atoms with Crippen molar-refractivity contribution in [3.8, 4) is 17.6 Å². The number of rotatable bonds is 5. The van der Waals surface area contributed by atoms with Crippen LogP contribution in [0.25, 0.3) is 5.57 Å². The molecule has 2 N–H and O–H groups in total. The standard InChI is InChI=1S/C12H12N6O2/c1-19-9-3-4-11(20-2)10(5-9)14-7-8(6-13)12-15-17-18-16-12/h3-5,7,14H,1-2H3,(H,15,16,17,18). The summed E-state index contributed by atoms with van der Waals surface area (Å²) in [7, 11) is 3.13. The van der Waals surface area contributed by atoms with Crippen molar-refractivity contribution in [1.29, 1.82) is 5.26 Å². The second-order valence-electron chi connectivity index (χ2n) is 3.62. The van der Waals surface area contributed by atoms with Crippen LogP contribution in [0.1, 0.15) is 5.82 Å². The van der Waals surface area contributed by atoms with Crippen LogP contribution in [-0.2, 0) is 0 Å². The summed E-state index contributed by atoms with van der Waals surface area (Å²) >= 11 is 0. The smallest absolute Gasteiger partial charge is 0.216 e. The third-order valence-electron chi connectivity index (χ3n) is 2.49. The summed E-state index contributed by atoms with van der Waals surface area (Å²) < 4.78 is 10.4. The summed E-state index contributed by atoms with van der Waals surface area (Å²) in [6.45, 7) is 0. The van der Waals surface area contributed by atoms with Crippen molar-refractivity contribution >= 4 is 11.3 Å². The minimum atomic E-state index is 0.210. The van der Waals surface area contributed by atoms with Gasteiger partial charge in [0.25, 0.3) is 0 Å². The Morgan fingerprint density at radius 1 is 1.40 bits per heavy atom. The Bertz CT molecular complexity index is 644. The zero-order valence-corrected chi connectivity index (χ0v) is 10.9. The molecule has 1 aromatic carbocycles. The summed E-state index contributed by atoms with van der Waals surface area (Å²) in [6, 6.07) is 7.27. The maximum absolute atomic E-state index is 9.07. The van der Waals surface area contributed by atoms with Crippen LogP contribution < -0.4 is 14.8 Å². The highest BCUT2D eigenvalue weighted by atomic mass is 16.5. The largest absolute Gasteiger partial charge is 0.497 e. The Balaban J connectivity index is 2.27. The summed E-state index contributed by atoms with van der Waals surface area (Å²) in [5.41, 5.74) is 0.895. The molecule has 0 radical (unpaired) electrons. The predicted molar refractivity (Wildman–Crippen MR) is 70.9 cm³/mol. The fourth-order valence-electron chi connectivity index (χ4n) is 1.50. The SMILES string of the molecule is COc1ccc(OC)c(NC=C(C#N)c2nn[nH]n2)c1. The number of nitrogens with one attached hydrogen (secondary N) is 2. The second-order valence-corrected chi connectivity index (χ2v) is 3.62. The molecule has 0 aliphatic carbocycles. The van der Waals surface area contributed by atoms with Crippen molar-refractivity contribution in [3.05, 3.63) is 30.2 Å². The van der Waals surface area contributed by atoms with Gasteiger partial charge in [-0.25, -0.2) is 0 Å². The molecule has 8 heteroatoms. The molecule has 0 amide bonds. The molecule has 0 bridgehead atoms. The zero-order valence-electron chi connectivity index (χ0n) is 10.9. The topological polar surface area (TPSA) is 109 Å². The van der Waals surface area contributed by atoms with Crippen molar-refractivity contribution in [2.45, 2.75) is 0 Å². The predicted octanol–water partition coefficient (Wildman–Crippen LogP) is 1.19. The molecule has 0 aliphatic rings. The Kier molecular flexibility index (Phi) is 4.14. The van der Waals surface area contributed by atoms with Gasteiger partial charge < -0.3 is 14.8 Å². The first-order valence-corrected chi connectivity index (χ1v) is 5.61. The van der Waals surface area contributed by atoms with Gasteiger partial charge in [0.1, 0.15) is 23.1 Å². The van der Waals surface area contributed by atoms with Crippen LogP contribution in [0.5, 0.6) is 11.5 Å². The number of aromatic amines is 1. The van der Waals surface area contributed by atoms with E-state index in [1.54, 1.807) is 32.4 Å². The molecular formula is C12H12N6O2. The average Bonchev–Trinajstić information content (AvgIpc) is 3.02. The molecule has 0 spiro atoms. The maximum Gasteiger partial charge on any atom is 0.216 e. The number of anilines is 1. The molecule has 0 atom stereocenters. The van der Waals surface area contributed by atoms with Crippen molar-refractivity contribution in [2.24, 2.45) is 0 Å². The van der Waals surface area contributed by atoms with E-state index >= 15 is 0 Å². The highest BCUT2D eigenvalue weighted by Crippen LogP contribution is 2.29. The van der Waals surface area contributed by atoms with Gasteiger partial charge in [0.2, 0.25) is 5.82 Å². The van der Waals surface area contributed by atoms with Gasteiger partial charge >= 0.3 is 0 Å². The second kappa shape index (κ2) is 6.19. The molecular weight excluding hydrogens is 260 g/mol. The maximum atomic E-state index is 9.07. The van der Waals surface area contributed by atoms with E-state index < -0.39 is 0 Å². The molecule has 0 saturated heterocycles. The van der Waals surface area contributed by atoms with Crippen molar-refractivity contribution in [1.82, 2.24) is 20.6 Å². The van der Waals surface area contributed by atoms with Gasteiger partial charge in [-0.2, -0.15) is 10.5 Å². The fourth-order valence-corrected chi connectivity index (χ4v) is 1.50. The number of nitrogens with zero attached hydrogens (tertiary/aromatic N) is 4. The molecule has 102 valence electrons. The Morgan fingerprint density at radius 2 is 2.25 bits per heavy atom. The zero-order chi connectivity index (χ0) is 14.4. The molecule has 0 unspecified atom stereocenters. The van der Waals surface area contributed by atoms with Gasteiger partial charge in [-0.1, -0.05) is 0 Å². The van der Waals surface area contributed by atoms with Crippen LogP contribution >= 0.6 is 0 Å². The molecule has 0 fully saturated rings. The van der Waals surface area contributed by atoms with Crippen molar-refractivity contribution in [3.63, 3.8) is 0 Å². The number of H-pyrrole nitrogens is 1. The summed E-state index contributed by atoms with van der Waals surface area (Å²) in [6.07, 6.45) is 1.47. The average molecular weight is 272 g/mol. The summed E-state index contributed by atoms with van der Waals surface area (Å²) in [5.74, 6) is 1.49. The molecule has 20 heavy (non-hydrogen) atoms. The van der Waals surface area contributed by atoms with E-state index in [1.807, 2.05) is 6.07 Å². The molecule has 1 aromatic heterocycles. The number of ether oxygens (including phenoxy) is 2. The van der Waals surface area contributed by atoms with E-state index in [-0.39, 0.29) is 11.4 Å². The highest BCUT2D eigenvalue weighted by Gasteiger charge is 2.07. The number of tetrazole rings is 1. The lowest BCUT2D eigenvalue weighted by Gasteiger charge is -2.10. The number of hydrogen-bond acceptors (Lipinski definition) is 7. The van der Waals surface area contributed by atoms with Gasteiger partial charge in [-0.15, -0.1) is 10.2 Å². The first-order chi connectivity index (χ1) is 9.78. The van der Waals surface area contributed by atoms with E-state index in [9.17, 15) is 0 Å². The highest BCUT2D eigenvalue weighted by molar-refractivity contribution is 5.75. The summed E-state index contributed by atoms with van der Waals surface area (Å²) in [4.78, 5) is 0. The summed E-state index contributed by atoms with van der Waals surface area (Å²) in [5, 5.41) is 25.2. The quantitative estimate of drug-likeness (QED) is 0.787.